The van der Waals surface area contributed by atoms with E-state index < -0.39 is 0 Å². The molecule has 2 unspecified atom stereocenters. The zero-order chi connectivity index (χ0) is 26.9. The summed E-state index contributed by atoms with van der Waals surface area (Å²) in [6.45, 7) is 19.2. The third-order valence-corrected chi connectivity index (χ3v) is 7.08. The average Bonchev–Trinajstić information content (AvgIpc) is 2.93. The SMILES string of the molecule is C=C(c1ccc(C)cc1)C(C)c1ccc(C)cc1.C=C(c1ccc(OC)cc1)C(C)c1ccc(C)cc1. The van der Waals surface area contributed by atoms with Gasteiger partial charge in [0.25, 0.3) is 0 Å². The fourth-order valence-electron chi connectivity index (χ4n) is 4.19. The van der Waals surface area contributed by atoms with Crippen LogP contribution in [-0.2, 0) is 0 Å². The second-order valence-electron chi connectivity index (χ2n) is 9.91. The molecule has 4 aromatic rings. The summed E-state index contributed by atoms with van der Waals surface area (Å²) in [5, 5.41) is 0. The quantitative estimate of drug-likeness (QED) is 0.251. The molecule has 2 atom stereocenters. The van der Waals surface area contributed by atoms with Crippen LogP contribution in [0.25, 0.3) is 11.1 Å². The lowest BCUT2D eigenvalue weighted by Gasteiger charge is -2.16. The second-order valence-corrected chi connectivity index (χ2v) is 9.91. The van der Waals surface area contributed by atoms with Crippen LogP contribution in [0.15, 0.2) is 110 Å². The lowest BCUT2D eigenvalue weighted by Crippen LogP contribution is -1.97. The van der Waals surface area contributed by atoms with E-state index in [1.165, 1.54) is 39.0 Å². The highest BCUT2D eigenvalue weighted by molar-refractivity contribution is 5.70. The highest BCUT2D eigenvalue weighted by Gasteiger charge is 2.12. The largest absolute Gasteiger partial charge is 0.497 e. The van der Waals surface area contributed by atoms with Gasteiger partial charge in [-0.15, -0.1) is 0 Å². The molecule has 0 aliphatic heterocycles. The molecule has 0 heterocycles. The minimum atomic E-state index is 0.314. The van der Waals surface area contributed by atoms with E-state index in [-0.39, 0.29) is 0 Å². The van der Waals surface area contributed by atoms with E-state index in [9.17, 15) is 0 Å². The normalized spacial score (nSPS) is 12.1. The summed E-state index contributed by atoms with van der Waals surface area (Å²) in [5.74, 6) is 1.54. The van der Waals surface area contributed by atoms with Gasteiger partial charge >= 0.3 is 0 Å². The second kappa shape index (κ2) is 12.9. The first-order valence-corrected chi connectivity index (χ1v) is 12.9. The van der Waals surface area contributed by atoms with E-state index in [4.69, 9.17) is 4.74 Å². The molecule has 37 heavy (non-hydrogen) atoms. The molecule has 0 fully saturated rings. The number of allylic oxidation sites excluding steroid dienone is 2. The van der Waals surface area contributed by atoms with Gasteiger partial charge in [0.15, 0.2) is 0 Å². The summed E-state index contributed by atoms with van der Waals surface area (Å²) in [6, 6.07) is 34.0. The molecule has 0 spiro atoms. The van der Waals surface area contributed by atoms with Crippen molar-refractivity contribution in [2.24, 2.45) is 0 Å². The lowest BCUT2D eigenvalue weighted by molar-refractivity contribution is 0.415. The first-order valence-electron chi connectivity index (χ1n) is 12.9. The van der Waals surface area contributed by atoms with Crippen LogP contribution < -0.4 is 4.74 Å². The minimum absolute atomic E-state index is 0.314. The van der Waals surface area contributed by atoms with Crippen LogP contribution in [0.5, 0.6) is 5.75 Å². The van der Waals surface area contributed by atoms with Crippen molar-refractivity contribution in [2.45, 2.75) is 46.5 Å². The van der Waals surface area contributed by atoms with Gasteiger partial charge in [-0.25, -0.2) is 0 Å². The van der Waals surface area contributed by atoms with E-state index in [0.717, 1.165) is 16.9 Å². The van der Waals surface area contributed by atoms with Crippen molar-refractivity contribution in [1.29, 1.82) is 0 Å². The van der Waals surface area contributed by atoms with Gasteiger partial charge in [-0.1, -0.05) is 129 Å². The number of hydrogen-bond acceptors (Lipinski definition) is 1. The van der Waals surface area contributed by atoms with Crippen LogP contribution in [0.3, 0.4) is 0 Å². The molecule has 4 rings (SSSR count). The molecular formula is C36H40O. The van der Waals surface area contributed by atoms with Gasteiger partial charge in [0, 0.05) is 11.8 Å². The maximum absolute atomic E-state index is 5.18. The van der Waals surface area contributed by atoms with Crippen molar-refractivity contribution in [1.82, 2.24) is 0 Å². The minimum Gasteiger partial charge on any atom is -0.497 e. The van der Waals surface area contributed by atoms with Crippen molar-refractivity contribution < 1.29 is 4.74 Å². The Morgan fingerprint density at radius 1 is 0.514 bits per heavy atom. The Hall–Kier alpha value is -3.84. The molecule has 190 valence electrons. The first kappa shape index (κ1) is 27.7. The Morgan fingerprint density at radius 2 is 0.811 bits per heavy atom. The van der Waals surface area contributed by atoms with Crippen molar-refractivity contribution in [3.8, 4) is 5.75 Å². The first-order chi connectivity index (χ1) is 17.7. The molecule has 0 radical (unpaired) electrons. The van der Waals surface area contributed by atoms with Crippen LogP contribution in [0, 0.1) is 20.8 Å². The molecule has 0 aromatic heterocycles. The third-order valence-electron chi connectivity index (χ3n) is 7.08. The Labute approximate surface area is 224 Å². The number of rotatable bonds is 7. The predicted octanol–water partition coefficient (Wildman–Crippen LogP) is 9.94. The monoisotopic (exact) mass is 488 g/mol. The van der Waals surface area contributed by atoms with Crippen LogP contribution in [0.4, 0.5) is 0 Å². The third kappa shape index (κ3) is 7.57. The molecule has 1 nitrogen and oxygen atoms in total. The summed E-state index contributed by atoms with van der Waals surface area (Å²) in [5.41, 5.74) is 11.2. The van der Waals surface area contributed by atoms with Gasteiger partial charge in [0.05, 0.1) is 7.11 Å². The number of methoxy groups -OCH3 is 1. The molecule has 0 N–H and O–H groups in total. The summed E-state index contributed by atoms with van der Waals surface area (Å²) >= 11 is 0. The van der Waals surface area contributed by atoms with Gasteiger partial charge < -0.3 is 4.74 Å². The predicted molar refractivity (Wildman–Crippen MR) is 161 cm³/mol. The molecular weight excluding hydrogens is 448 g/mol. The fourth-order valence-corrected chi connectivity index (χ4v) is 4.19. The molecule has 4 aromatic carbocycles. The van der Waals surface area contributed by atoms with E-state index in [2.05, 4.69) is 133 Å². The standard InChI is InChI=1S/C18H20O.C18H20/c1-13-5-7-16(8-6-13)14(2)15(3)17-9-11-18(19-4)12-10-17;1-13-5-9-17(10-6-13)15(3)16(4)18-11-7-14(2)8-12-18/h5-12,14H,3H2,1-2,4H3;5-12,16H,3H2,1-2,4H3. The average molecular weight is 489 g/mol. The van der Waals surface area contributed by atoms with Gasteiger partial charge in [0.1, 0.15) is 5.75 Å². The van der Waals surface area contributed by atoms with Gasteiger partial charge in [-0.05, 0) is 66.3 Å². The summed E-state index contributed by atoms with van der Waals surface area (Å²) < 4.78 is 5.18. The van der Waals surface area contributed by atoms with E-state index >= 15 is 0 Å². The van der Waals surface area contributed by atoms with Gasteiger partial charge in [0.2, 0.25) is 0 Å². The number of aryl methyl sites for hydroxylation is 3. The van der Waals surface area contributed by atoms with Gasteiger partial charge in [-0.3, -0.25) is 0 Å². The summed E-state index contributed by atoms with van der Waals surface area (Å²) in [6.07, 6.45) is 0. The maximum Gasteiger partial charge on any atom is 0.118 e. The fraction of sp³-hybridized carbons (Fsp3) is 0.222. The number of ether oxygens (including phenoxy) is 1. The summed E-state index contributed by atoms with van der Waals surface area (Å²) in [7, 11) is 1.68. The van der Waals surface area contributed by atoms with Gasteiger partial charge in [-0.2, -0.15) is 0 Å². The Balaban J connectivity index is 0.000000206. The topological polar surface area (TPSA) is 9.23 Å². The van der Waals surface area contributed by atoms with E-state index in [1.807, 2.05) is 12.1 Å². The van der Waals surface area contributed by atoms with Crippen molar-refractivity contribution >= 4 is 11.1 Å². The maximum atomic E-state index is 5.18. The zero-order valence-electron chi connectivity index (χ0n) is 23.2. The molecule has 0 bridgehead atoms. The Kier molecular flexibility index (Phi) is 9.69. The molecule has 0 aliphatic rings. The van der Waals surface area contributed by atoms with Crippen LogP contribution in [0.1, 0.15) is 64.6 Å². The van der Waals surface area contributed by atoms with Crippen molar-refractivity contribution in [3.63, 3.8) is 0 Å². The van der Waals surface area contributed by atoms with Crippen LogP contribution >= 0.6 is 0 Å². The molecule has 0 amide bonds. The molecule has 0 aliphatic carbocycles. The lowest BCUT2D eigenvalue weighted by atomic mass is 9.89. The zero-order valence-corrected chi connectivity index (χ0v) is 23.2. The van der Waals surface area contributed by atoms with E-state index in [1.54, 1.807) is 7.11 Å². The molecule has 0 saturated heterocycles. The molecule has 1 heteroatoms. The van der Waals surface area contributed by atoms with Crippen LogP contribution in [-0.4, -0.2) is 7.11 Å². The highest BCUT2D eigenvalue weighted by atomic mass is 16.5. The number of benzene rings is 4. The van der Waals surface area contributed by atoms with Crippen molar-refractivity contribution in [3.05, 3.63) is 149 Å². The highest BCUT2D eigenvalue weighted by Crippen LogP contribution is 2.32. The van der Waals surface area contributed by atoms with Crippen molar-refractivity contribution in [2.75, 3.05) is 7.11 Å². The Morgan fingerprint density at radius 3 is 1.14 bits per heavy atom. The molecule has 0 saturated carbocycles. The Bertz CT molecular complexity index is 1290. The summed E-state index contributed by atoms with van der Waals surface area (Å²) in [4.78, 5) is 0. The number of hydrogen-bond donors (Lipinski definition) is 0. The van der Waals surface area contributed by atoms with Crippen LogP contribution in [0.2, 0.25) is 0 Å². The smallest absolute Gasteiger partial charge is 0.118 e. The van der Waals surface area contributed by atoms with E-state index in [0.29, 0.717) is 11.8 Å².